The van der Waals surface area contributed by atoms with E-state index in [4.69, 9.17) is 14.4 Å². The molecule has 9 heteroatoms. The minimum absolute atomic E-state index is 0.00305. The minimum Gasteiger partial charge on any atom is -0.490 e. The number of nitrogens with zero attached hydrogens (tertiary/aromatic N) is 3. The smallest absolute Gasteiger partial charge is 0.259 e. The number of aryl methyl sites for hydroxylation is 2. The SMILES string of the molecule is CCc1cc(-c2noc(-c3ccc(CC(C)C)nc3)n2)cc(C)c1OC[C@@H](O)CNC(=O)CO. The summed E-state index contributed by atoms with van der Waals surface area (Å²) in [6.07, 6.45) is 2.47. The van der Waals surface area contributed by atoms with Crippen molar-refractivity contribution in [2.24, 2.45) is 5.92 Å². The molecule has 182 valence electrons. The molecule has 0 saturated carbocycles. The molecule has 3 N–H and O–H groups in total. The van der Waals surface area contributed by atoms with Crippen LogP contribution in [0.15, 0.2) is 35.0 Å². The molecular formula is C25H32N4O5. The maximum absolute atomic E-state index is 11.1. The number of rotatable bonds is 11. The summed E-state index contributed by atoms with van der Waals surface area (Å²) in [4.78, 5) is 20.2. The van der Waals surface area contributed by atoms with E-state index in [0.717, 1.165) is 34.4 Å². The Kier molecular flexibility index (Phi) is 8.72. The molecule has 1 aromatic carbocycles. The van der Waals surface area contributed by atoms with E-state index >= 15 is 0 Å². The van der Waals surface area contributed by atoms with Gasteiger partial charge in [0.25, 0.3) is 5.89 Å². The monoisotopic (exact) mass is 468 g/mol. The van der Waals surface area contributed by atoms with Gasteiger partial charge in [-0.25, -0.2) is 0 Å². The van der Waals surface area contributed by atoms with Gasteiger partial charge < -0.3 is 24.8 Å². The number of aromatic nitrogens is 3. The summed E-state index contributed by atoms with van der Waals surface area (Å²) in [6, 6.07) is 7.78. The summed E-state index contributed by atoms with van der Waals surface area (Å²) < 4.78 is 11.3. The van der Waals surface area contributed by atoms with Gasteiger partial charge in [-0.05, 0) is 61.1 Å². The highest BCUT2D eigenvalue weighted by Crippen LogP contribution is 2.31. The van der Waals surface area contributed by atoms with Gasteiger partial charge in [-0.3, -0.25) is 9.78 Å². The van der Waals surface area contributed by atoms with Crippen molar-refractivity contribution in [3.8, 4) is 28.6 Å². The van der Waals surface area contributed by atoms with E-state index in [2.05, 4.69) is 34.3 Å². The van der Waals surface area contributed by atoms with Crippen molar-refractivity contribution < 1.29 is 24.3 Å². The van der Waals surface area contributed by atoms with Gasteiger partial charge in [-0.2, -0.15) is 4.98 Å². The molecule has 3 aromatic rings. The number of hydrogen-bond acceptors (Lipinski definition) is 8. The number of benzene rings is 1. The number of amides is 1. The second kappa shape index (κ2) is 11.7. The van der Waals surface area contributed by atoms with Crippen molar-refractivity contribution in [1.29, 1.82) is 0 Å². The van der Waals surface area contributed by atoms with Crippen molar-refractivity contribution in [3.05, 3.63) is 47.3 Å². The van der Waals surface area contributed by atoms with E-state index in [1.54, 1.807) is 6.20 Å². The van der Waals surface area contributed by atoms with Crippen molar-refractivity contribution in [2.75, 3.05) is 19.8 Å². The number of pyridine rings is 1. The molecule has 3 rings (SSSR count). The molecule has 9 nitrogen and oxygen atoms in total. The lowest BCUT2D eigenvalue weighted by atomic mass is 10.0. The maximum atomic E-state index is 11.1. The largest absolute Gasteiger partial charge is 0.490 e. The summed E-state index contributed by atoms with van der Waals surface area (Å²) in [5.74, 6) is 1.54. The van der Waals surface area contributed by atoms with E-state index in [1.165, 1.54) is 0 Å². The molecule has 0 fully saturated rings. The first-order valence-corrected chi connectivity index (χ1v) is 11.4. The van der Waals surface area contributed by atoms with E-state index in [9.17, 15) is 9.90 Å². The van der Waals surface area contributed by atoms with Crippen LogP contribution in [0.3, 0.4) is 0 Å². The third-order valence-electron chi connectivity index (χ3n) is 5.20. The highest BCUT2D eigenvalue weighted by atomic mass is 16.5. The predicted octanol–water partition coefficient (Wildman–Crippen LogP) is 2.72. The average Bonchev–Trinajstić information content (AvgIpc) is 3.31. The molecule has 2 heterocycles. The molecule has 0 aliphatic rings. The topological polar surface area (TPSA) is 131 Å². The van der Waals surface area contributed by atoms with Crippen LogP contribution in [-0.4, -0.2) is 57.1 Å². The number of carbonyl (C=O) groups is 1. The van der Waals surface area contributed by atoms with Crippen LogP contribution in [0.2, 0.25) is 0 Å². The van der Waals surface area contributed by atoms with Crippen molar-refractivity contribution in [1.82, 2.24) is 20.4 Å². The van der Waals surface area contributed by atoms with E-state index in [-0.39, 0.29) is 13.2 Å². The van der Waals surface area contributed by atoms with Crippen molar-refractivity contribution in [2.45, 2.75) is 46.6 Å². The number of aliphatic hydroxyl groups excluding tert-OH is 2. The fourth-order valence-corrected chi connectivity index (χ4v) is 3.52. The number of ether oxygens (including phenoxy) is 1. The Morgan fingerprint density at radius 1 is 1.24 bits per heavy atom. The first kappa shape index (κ1) is 25.3. The molecule has 0 saturated heterocycles. The molecule has 0 radical (unpaired) electrons. The summed E-state index contributed by atoms with van der Waals surface area (Å²) in [5.41, 5.74) is 4.40. The molecular weight excluding hydrogens is 436 g/mol. The Hall–Kier alpha value is -3.30. The Morgan fingerprint density at radius 2 is 2.03 bits per heavy atom. The van der Waals surface area contributed by atoms with Crippen molar-refractivity contribution in [3.63, 3.8) is 0 Å². The molecule has 1 amide bonds. The Morgan fingerprint density at radius 3 is 2.68 bits per heavy atom. The first-order chi connectivity index (χ1) is 16.3. The van der Waals surface area contributed by atoms with Gasteiger partial charge in [-0.15, -0.1) is 0 Å². The van der Waals surface area contributed by atoms with Crippen LogP contribution in [0.5, 0.6) is 5.75 Å². The fraction of sp³-hybridized carbons (Fsp3) is 0.440. The summed E-state index contributed by atoms with van der Waals surface area (Å²) in [5, 5.41) is 25.4. The quantitative estimate of drug-likeness (QED) is 0.392. The maximum Gasteiger partial charge on any atom is 0.259 e. The van der Waals surface area contributed by atoms with Gasteiger partial charge in [0.1, 0.15) is 25.1 Å². The zero-order valence-electron chi connectivity index (χ0n) is 20.0. The fourth-order valence-electron chi connectivity index (χ4n) is 3.52. The van der Waals surface area contributed by atoms with Crippen LogP contribution in [-0.2, 0) is 17.6 Å². The van der Waals surface area contributed by atoms with E-state index in [1.807, 2.05) is 38.1 Å². The molecule has 0 aliphatic heterocycles. The van der Waals surface area contributed by atoms with Gasteiger partial charge in [0.15, 0.2) is 0 Å². The first-order valence-electron chi connectivity index (χ1n) is 11.4. The lowest BCUT2D eigenvalue weighted by Crippen LogP contribution is -2.36. The third-order valence-corrected chi connectivity index (χ3v) is 5.20. The standard InChI is InChI=1S/C25H32N4O5/c1-5-17-10-19(9-16(4)23(17)33-14-21(31)12-27-22(32)13-30)24-28-25(34-29-24)18-6-7-20(26-11-18)8-15(2)3/h6-7,9-11,15,21,30-31H,5,8,12-14H2,1-4H3,(H,27,32)/t21-/m0/s1. The zero-order valence-corrected chi connectivity index (χ0v) is 20.0. The highest BCUT2D eigenvalue weighted by molar-refractivity contribution is 5.76. The van der Waals surface area contributed by atoms with Crippen molar-refractivity contribution >= 4 is 5.91 Å². The van der Waals surface area contributed by atoms with Crippen LogP contribution >= 0.6 is 0 Å². The number of hydrogen-bond donors (Lipinski definition) is 3. The molecule has 1 atom stereocenters. The lowest BCUT2D eigenvalue weighted by Gasteiger charge is -2.17. The van der Waals surface area contributed by atoms with Gasteiger partial charge in [-0.1, -0.05) is 25.9 Å². The Bertz CT molecular complexity index is 1100. The summed E-state index contributed by atoms with van der Waals surface area (Å²) >= 11 is 0. The second-order valence-corrected chi connectivity index (χ2v) is 8.62. The Labute approximate surface area is 199 Å². The minimum atomic E-state index is -0.903. The van der Waals surface area contributed by atoms with Crippen LogP contribution in [0.4, 0.5) is 0 Å². The van der Waals surface area contributed by atoms with Crippen LogP contribution in [0.1, 0.15) is 37.6 Å². The van der Waals surface area contributed by atoms with Crippen LogP contribution in [0.25, 0.3) is 22.8 Å². The van der Waals surface area contributed by atoms with Crippen LogP contribution < -0.4 is 10.1 Å². The molecule has 0 bridgehead atoms. The normalized spacial score (nSPS) is 12.1. The third kappa shape index (κ3) is 6.61. The van der Waals surface area contributed by atoms with Gasteiger partial charge in [0.2, 0.25) is 11.7 Å². The predicted molar refractivity (Wildman–Crippen MR) is 127 cm³/mol. The summed E-state index contributed by atoms with van der Waals surface area (Å²) in [7, 11) is 0. The number of carbonyl (C=O) groups excluding carboxylic acids is 1. The number of nitrogens with one attached hydrogen (secondary N) is 1. The van der Waals surface area contributed by atoms with Gasteiger partial charge in [0.05, 0.1) is 5.56 Å². The van der Waals surface area contributed by atoms with Gasteiger partial charge in [0, 0.05) is 24.0 Å². The van der Waals surface area contributed by atoms with E-state index < -0.39 is 18.6 Å². The highest BCUT2D eigenvalue weighted by Gasteiger charge is 2.16. The average molecular weight is 469 g/mol. The Balaban J connectivity index is 1.73. The molecule has 2 aromatic heterocycles. The second-order valence-electron chi connectivity index (χ2n) is 8.62. The summed E-state index contributed by atoms with van der Waals surface area (Å²) in [6.45, 7) is 7.62. The molecule has 0 unspecified atom stereocenters. The number of aliphatic hydroxyl groups is 2. The van der Waals surface area contributed by atoms with Gasteiger partial charge >= 0.3 is 0 Å². The molecule has 0 spiro atoms. The molecule has 34 heavy (non-hydrogen) atoms. The van der Waals surface area contributed by atoms with E-state index in [0.29, 0.717) is 29.8 Å². The zero-order chi connectivity index (χ0) is 24.7. The van der Waals surface area contributed by atoms with Crippen LogP contribution in [0, 0.1) is 12.8 Å². The lowest BCUT2D eigenvalue weighted by molar-refractivity contribution is -0.124. The molecule has 0 aliphatic carbocycles.